The highest BCUT2D eigenvalue weighted by atomic mass is 32.1. The highest BCUT2D eigenvalue weighted by Gasteiger charge is 2.16. The molecule has 0 saturated heterocycles. The minimum Gasteiger partial charge on any atom is -0.337 e. The maximum absolute atomic E-state index is 12.3. The van der Waals surface area contributed by atoms with Gasteiger partial charge < -0.3 is 15.5 Å². The number of fused-ring (bicyclic) bond motifs is 1. The van der Waals surface area contributed by atoms with Gasteiger partial charge in [0.1, 0.15) is 0 Å². The molecular weight excluding hydrogens is 366 g/mol. The number of carbonyl (C=O) groups is 1. The Labute approximate surface area is 171 Å². The summed E-state index contributed by atoms with van der Waals surface area (Å²) in [7, 11) is 4.13. The number of likely N-dealkylation sites (N-methyl/N-ethyl adjacent to an activating group) is 1. The van der Waals surface area contributed by atoms with Crippen LogP contribution in [0.1, 0.15) is 18.1 Å². The van der Waals surface area contributed by atoms with E-state index in [1.54, 1.807) is 11.3 Å². The summed E-state index contributed by atoms with van der Waals surface area (Å²) in [6.07, 6.45) is 1.74. The topological polar surface area (TPSA) is 44.4 Å². The zero-order valence-corrected chi connectivity index (χ0v) is 17.6. The minimum absolute atomic E-state index is 0.0843. The van der Waals surface area contributed by atoms with Gasteiger partial charge in [0.25, 0.3) is 0 Å². The fraction of sp³-hybridized carbons (Fsp3) is 0.348. The highest BCUT2D eigenvalue weighted by molar-refractivity contribution is 7.17. The van der Waals surface area contributed by atoms with E-state index in [0.29, 0.717) is 6.54 Å². The molecule has 3 rings (SSSR count). The van der Waals surface area contributed by atoms with Crippen LogP contribution in [0.3, 0.4) is 0 Å². The number of amides is 2. The SMILES string of the molecule is C[C@@H](Cc1ccccc1)NC(=O)NC[C@H](Cc1csc2ccccc12)N(C)C. The molecule has 2 amide bonds. The van der Waals surface area contributed by atoms with Crippen molar-refractivity contribution in [2.75, 3.05) is 20.6 Å². The van der Waals surface area contributed by atoms with Gasteiger partial charge in [-0.1, -0.05) is 48.5 Å². The van der Waals surface area contributed by atoms with Crippen LogP contribution in [0.15, 0.2) is 60.0 Å². The van der Waals surface area contributed by atoms with Gasteiger partial charge in [-0.3, -0.25) is 0 Å². The van der Waals surface area contributed by atoms with Gasteiger partial charge in [-0.05, 0) is 61.8 Å². The van der Waals surface area contributed by atoms with Crippen molar-refractivity contribution in [3.63, 3.8) is 0 Å². The van der Waals surface area contributed by atoms with Crippen molar-refractivity contribution in [3.8, 4) is 0 Å². The van der Waals surface area contributed by atoms with Gasteiger partial charge in [0, 0.05) is 23.3 Å². The molecule has 148 valence electrons. The lowest BCUT2D eigenvalue weighted by Crippen LogP contribution is -2.47. The minimum atomic E-state index is -0.106. The molecule has 2 aromatic carbocycles. The van der Waals surface area contributed by atoms with Crippen LogP contribution >= 0.6 is 11.3 Å². The Morgan fingerprint density at radius 2 is 1.75 bits per heavy atom. The summed E-state index contributed by atoms with van der Waals surface area (Å²) >= 11 is 1.78. The van der Waals surface area contributed by atoms with Crippen LogP contribution in [0.25, 0.3) is 10.1 Å². The summed E-state index contributed by atoms with van der Waals surface area (Å²) in [5, 5.41) is 9.66. The van der Waals surface area contributed by atoms with Crippen LogP contribution in [0.5, 0.6) is 0 Å². The number of hydrogen-bond donors (Lipinski definition) is 2. The van der Waals surface area contributed by atoms with Crippen LogP contribution < -0.4 is 10.6 Å². The first-order valence-corrected chi connectivity index (χ1v) is 10.6. The fourth-order valence-electron chi connectivity index (χ4n) is 3.39. The molecule has 0 aliphatic carbocycles. The van der Waals surface area contributed by atoms with Crippen molar-refractivity contribution in [2.24, 2.45) is 0 Å². The fourth-order valence-corrected chi connectivity index (χ4v) is 4.36. The molecule has 28 heavy (non-hydrogen) atoms. The van der Waals surface area contributed by atoms with Gasteiger partial charge >= 0.3 is 6.03 Å². The van der Waals surface area contributed by atoms with Crippen LogP contribution in [0, 0.1) is 0 Å². The third-order valence-electron chi connectivity index (χ3n) is 5.01. The number of nitrogens with one attached hydrogen (secondary N) is 2. The molecule has 2 atom stereocenters. The Hall–Kier alpha value is -2.37. The number of benzene rings is 2. The van der Waals surface area contributed by atoms with Crippen molar-refractivity contribution in [3.05, 3.63) is 71.1 Å². The average molecular weight is 396 g/mol. The van der Waals surface area contributed by atoms with Gasteiger partial charge in [0.05, 0.1) is 0 Å². The summed E-state index contributed by atoms with van der Waals surface area (Å²) in [5.41, 5.74) is 2.57. The van der Waals surface area contributed by atoms with Gasteiger partial charge in [0.2, 0.25) is 0 Å². The van der Waals surface area contributed by atoms with Gasteiger partial charge in [-0.2, -0.15) is 0 Å². The average Bonchev–Trinajstić information content (AvgIpc) is 3.08. The molecule has 0 radical (unpaired) electrons. The molecule has 0 bridgehead atoms. The van der Waals surface area contributed by atoms with Gasteiger partial charge in [-0.15, -0.1) is 11.3 Å². The number of rotatable bonds is 8. The van der Waals surface area contributed by atoms with E-state index in [9.17, 15) is 4.79 Å². The Bertz CT molecular complexity index is 891. The van der Waals surface area contributed by atoms with E-state index in [4.69, 9.17) is 0 Å². The van der Waals surface area contributed by atoms with E-state index in [2.05, 4.69) is 71.4 Å². The number of carbonyl (C=O) groups excluding carboxylic acids is 1. The van der Waals surface area contributed by atoms with Crippen molar-refractivity contribution in [1.29, 1.82) is 0 Å². The van der Waals surface area contributed by atoms with E-state index in [1.807, 2.05) is 25.1 Å². The normalized spacial score (nSPS) is 13.4. The lowest BCUT2D eigenvalue weighted by atomic mass is 10.0. The van der Waals surface area contributed by atoms with Crippen LogP contribution in [0.2, 0.25) is 0 Å². The smallest absolute Gasteiger partial charge is 0.315 e. The molecule has 2 N–H and O–H groups in total. The van der Waals surface area contributed by atoms with Crippen molar-refractivity contribution < 1.29 is 4.79 Å². The van der Waals surface area contributed by atoms with Crippen LogP contribution in [-0.2, 0) is 12.8 Å². The van der Waals surface area contributed by atoms with Gasteiger partial charge in [0.15, 0.2) is 0 Å². The predicted octanol–water partition coefficient (Wildman–Crippen LogP) is 4.30. The molecule has 0 saturated carbocycles. The molecule has 3 aromatic rings. The second-order valence-corrected chi connectivity index (χ2v) is 8.44. The first-order valence-electron chi connectivity index (χ1n) is 9.72. The predicted molar refractivity (Wildman–Crippen MR) is 119 cm³/mol. The summed E-state index contributed by atoms with van der Waals surface area (Å²) in [6.45, 7) is 2.65. The number of thiophene rings is 1. The summed E-state index contributed by atoms with van der Waals surface area (Å²) < 4.78 is 1.32. The molecule has 1 heterocycles. The van der Waals surface area contributed by atoms with Crippen molar-refractivity contribution in [2.45, 2.75) is 31.8 Å². The largest absolute Gasteiger partial charge is 0.337 e. The van der Waals surface area contributed by atoms with E-state index >= 15 is 0 Å². The molecule has 0 aliphatic heterocycles. The summed E-state index contributed by atoms with van der Waals surface area (Å²) in [6, 6.07) is 19.0. The molecule has 0 fully saturated rings. The lowest BCUT2D eigenvalue weighted by Gasteiger charge is -2.25. The van der Waals surface area contributed by atoms with Crippen molar-refractivity contribution in [1.82, 2.24) is 15.5 Å². The zero-order valence-electron chi connectivity index (χ0n) is 16.8. The Kier molecular flexibility index (Phi) is 7.06. The Balaban J connectivity index is 1.52. The second kappa shape index (κ2) is 9.71. The molecule has 1 aromatic heterocycles. The maximum atomic E-state index is 12.3. The third kappa shape index (κ3) is 5.57. The monoisotopic (exact) mass is 395 g/mol. The molecule has 5 heteroatoms. The first-order chi connectivity index (χ1) is 13.5. The molecule has 0 spiro atoms. The number of urea groups is 1. The van der Waals surface area contributed by atoms with Crippen molar-refractivity contribution >= 4 is 27.5 Å². The van der Waals surface area contributed by atoms with Crippen LogP contribution in [0.4, 0.5) is 4.79 Å². The Morgan fingerprint density at radius 1 is 1.04 bits per heavy atom. The quantitative estimate of drug-likeness (QED) is 0.597. The molecular formula is C23H29N3OS. The summed E-state index contributed by atoms with van der Waals surface area (Å²) in [5.74, 6) is 0. The Morgan fingerprint density at radius 3 is 2.50 bits per heavy atom. The summed E-state index contributed by atoms with van der Waals surface area (Å²) in [4.78, 5) is 14.5. The van der Waals surface area contributed by atoms with E-state index in [1.165, 1.54) is 21.2 Å². The second-order valence-electron chi connectivity index (χ2n) is 7.52. The first kappa shape index (κ1) is 20.4. The molecule has 0 aliphatic rings. The third-order valence-corrected chi connectivity index (χ3v) is 6.02. The molecule has 0 unspecified atom stereocenters. The van der Waals surface area contributed by atoms with Crippen LogP contribution in [-0.4, -0.2) is 43.7 Å². The van der Waals surface area contributed by atoms with E-state index in [0.717, 1.165) is 12.8 Å². The zero-order chi connectivity index (χ0) is 19.9. The molecule has 4 nitrogen and oxygen atoms in total. The van der Waals surface area contributed by atoms with E-state index < -0.39 is 0 Å². The number of nitrogens with zero attached hydrogens (tertiary/aromatic N) is 1. The standard InChI is InChI=1S/C23H29N3OS/c1-17(13-18-9-5-4-6-10-18)25-23(27)24-15-20(26(2)3)14-19-16-28-22-12-8-7-11-21(19)22/h4-12,16-17,20H,13-15H2,1-3H3,(H2,24,25,27)/t17-,20-/m0/s1. The van der Waals surface area contributed by atoms with E-state index in [-0.39, 0.29) is 18.1 Å². The van der Waals surface area contributed by atoms with Gasteiger partial charge in [-0.25, -0.2) is 4.79 Å². The maximum Gasteiger partial charge on any atom is 0.315 e. The number of hydrogen-bond acceptors (Lipinski definition) is 3. The lowest BCUT2D eigenvalue weighted by molar-refractivity contribution is 0.229. The highest BCUT2D eigenvalue weighted by Crippen LogP contribution is 2.27.